The van der Waals surface area contributed by atoms with E-state index in [4.69, 9.17) is 16.7 Å². The number of nitrogens with one attached hydrogen (secondary N) is 1. The first-order valence-electron chi connectivity index (χ1n) is 7.31. The van der Waals surface area contributed by atoms with Gasteiger partial charge in [0.15, 0.2) is 0 Å². The summed E-state index contributed by atoms with van der Waals surface area (Å²) < 4.78 is 0. The molecule has 0 bridgehead atoms. The van der Waals surface area contributed by atoms with Crippen LogP contribution in [0.1, 0.15) is 31.9 Å². The third kappa shape index (κ3) is 4.54. The summed E-state index contributed by atoms with van der Waals surface area (Å²) in [6, 6.07) is 1.99. The van der Waals surface area contributed by atoms with E-state index in [0.29, 0.717) is 6.54 Å². The van der Waals surface area contributed by atoms with Gasteiger partial charge in [-0.15, -0.1) is 0 Å². The molecule has 0 spiro atoms. The Labute approximate surface area is 129 Å². The van der Waals surface area contributed by atoms with Crippen LogP contribution in [0.5, 0.6) is 0 Å². The number of aromatic nitrogens is 2. The van der Waals surface area contributed by atoms with Gasteiger partial charge in [0, 0.05) is 30.9 Å². The topological polar surface area (TPSA) is 78.4 Å². The zero-order valence-electron chi connectivity index (χ0n) is 12.2. The lowest BCUT2D eigenvalue weighted by atomic mass is 10.1. The van der Waals surface area contributed by atoms with Gasteiger partial charge in [0.05, 0.1) is 0 Å². The number of hydrogen-bond donors (Lipinski definition) is 2. The largest absolute Gasteiger partial charge is 0.387 e. The van der Waals surface area contributed by atoms with Crippen molar-refractivity contribution in [2.24, 2.45) is 0 Å². The number of aliphatic hydroxyl groups is 1. The van der Waals surface area contributed by atoms with Gasteiger partial charge in [-0.05, 0) is 30.9 Å². The van der Waals surface area contributed by atoms with E-state index in [-0.39, 0.29) is 17.2 Å². The third-order valence-corrected chi connectivity index (χ3v) is 3.67. The smallest absolute Gasteiger partial charge is 0.245 e. The quantitative estimate of drug-likeness (QED) is 0.798. The molecule has 1 aliphatic heterocycles. The highest BCUT2D eigenvalue weighted by molar-refractivity contribution is 6.28. The van der Waals surface area contributed by atoms with E-state index in [1.807, 2.05) is 6.07 Å². The van der Waals surface area contributed by atoms with E-state index in [0.717, 1.165) is 43.7 Å². The van der Waals surface area contributed by atoms with E-state index < -0.39 is 6.61 Å². The summed E-state index contributed by atoms with van der Waals surface area (Å²) in [5.74, 6) is 0.468. The Morgan fingerprint density at radius 3 is 3.10 bits per heavy atom. The Morgan fingerprint density at radius 1 is 1.57 bits per heavy atom. The molecule has 1 aliphatic rings. The van der Waals surface area contributed by atoms with E-state index in [1.54, 1.807) is 0 Å². The molecule has 1 aromatic heterocycles. The molecule has 0 aliphatic carbocycles. The second kappa shape index (κ2) is 7.56. The van der Waals surface area contributed by atoms with Crippen LogP contribution in [0.3, 0.4) is 0 Å². The maximum absolute atomic E-state index is 11.3. The Morgan fingerprint density at radius 2 is 2.38 bits per heavy atom. The van der Waals surface area contributed by atoms with Gasteiger partial charge in [-0.25, -0.2) is 9.97 Å². The van der Waals surface area contributed by atoms with E-state index >= 15 is 0 Å². The molecule has 2 heterocycles. The van der Waals surface area contributed by atoms with Crippen LogP contribution in [0.4, 0.5) is 5.82 Å². The van der Waals surface area contributed by atoms with Crippen molar-refractivity contribution < 1.29 is 9.90 Å². The maximum Gasteiger partial charge on any atom is 0.245 e. The van der Waals surface area contributed by atoms with Crippen molar-refractivity contribution in [3.8, 4) is 0 Å². The summed E-state index contributed by atoms with van der Waals surface area (Å²) in [5.41, 5.74) is 0.939. The molecule has 1 fully saturated rings. The lowest BCUT2D eigenvalue weighted by Crippen LogP contribution is -2.48. The number of nitrogens with zero attached hydrogens (tertiary/aromatic N) is 3. The fraction of sp³-hybridized carbons (Fsp3) is 0.643. The first kappa shape index (κ1) is 16.0. The van der Waals surface area contributed by atoms with Gasteiger partial charge in [0.25, 0.3) is 0 Å². The van der Waals surface area contributed by atoms with Crippen molar-refractivity contribution in [2.75, 3.05) is 24.6 Å². The molecule has 1 saturated heterocycles. The van der Waals surface area contributed by atoms with Crippen molar-refractivity contribution in [3.05, 3.63) is 17.0 Å². The molecule has 6 nitrogen and oxygen atoms in total. The van der Waals surface area contributed by atoms with Crippen molar-refractivity contribution in [1.82, 2.24) is 15.3 Å². The second-order valence-electron chi connectivity index (χ2n) is 5.25. The molecule has 1 unspecified atom stereocenters. The van der Waals surface area contributed by atoms with E-state index in [9.17, 15) is 4.79 Å². The van der Waals surface area contributed by atoms with Gasteiger partial charge in [0.2, 0.25) is 11.2 Å². The molecule has 21 heavy (non-hydrogen) atoms. The summed E-state index contributed by atoms with van der Waals surface area (Å²) in [5, 5.41) is 11.9. The monoisotopic (exact) mass is 312 g/mol. The first-order chi connectivity index (χ1) is 10.1. The molecule has 2 rings (SSSR count). The summed E-state index contributed by atoms with van der Waals surface area (Å²) in [6.45, 7) is 3.17. The average molecular weight is 313 g/mol. The van der Waals surface area contributed by atoms with Gasteiger partial charge in [-0.1, -0.05) is 13.3 Å². The summed E-state index contributed by atoms with van der Waals surface area (Å²) in [7, 11) is 0. The number of aryl methyl sites for hydroxylation is 1. The molecule has 2 N–H and O–H groups in total. The molecule has 0 saturated carbocycles. The molecule has 0 aromatic carbocycles. The molecular weight excluding hydrogens is 292 g/mol. The Hall–Kier alpha value is -1.40. The number of aliphatic hydroxyl groups excluding tert-OH is 1. The lowest BCUT2D eigenvalue weighted by molar-refractivity contribution is -0.124. The highest BCUT2D eigenvalue weighted by Gasteiger charge is 2.22. The highest BCUT2D eigenvalue weighted by Crippen LogP contribution is 2.20. The fourth-order valence-electron chi connectivity index (χ4n) is 2.57. The standard InChI is InChI=1S/C14H21ClN4O2/c1-2-4-10-7-12(18-14(15)17-10)19-6-3-5-11(8-19)16-13(21)9-20/h7,11,20H,2-6,8-9H2,1H3,(H,16,21). The van der Waals surface area contributed by atoms with Crippen LogP contribution in [-0.4, -0.2) is 46.7 Å². The maximum atomic E-state index is 11.3. The number of amides is 1. The Bertz CT molecular complexity index is 498. The Kier molecular flexibility index (Phi) is 5.76. The van der Waals surface area contributed by atoms with E-state index in [2.05, 4.69) is 27.1 Å². The molecule has 7 heteroatoms. The predicted molar refractivity (Wildman–Crippen MR) is 81.5 cm³/mol. The van der Waals surface area contributed by atoms with Crippen LogP contribution in [0.25, 0.3) is 0 Å². The lowest BCUT2D eigenvalue weighted by Gasteiger charge is -2.34. The number of carbonyl (C=O) groups excluding carboxylic acids is 1. The summed E-state index contributed by atoms with van der Waals surface area (Å²) in [4.78, 5) is 21.9. The van der Waals surface area contributed by atoms with Crippen molar-refractivity contribution in [2.45, 2.75) is 38.6 Å². The number of carbonyl (C=O) groups is 1. The van der Waals surface area contributed by atoms with Crippen LogP contribution in [0.15, 0.2) is 6.07 Å². The molecule has 1 atom stereocenters. The zero-order valence-corrected chi connectivity index (χ0v) is 12.9. The normalized spacial score (nSPS) is 18.6. The summed E-state index contributed by atoms with van der Waals surface area (Å²) in [6.07, 6.45) is 3.74. The van der Waals surface area contributed by atoms with Crippen LogP contribution in [-0.2, 0) is 11.2 Å². The van der Waals surface area contributed by atoms with Crippen molar-refractivity contribution in [3.63, 3.8) is 0 Å². The fourth-order valence-corrected chi connectivity index (χ4v) is 2.77. The molecule has 1 amide bonds. The molecule has 0 radical (unpaired) electrons. The number of halogens is 1. The van der Waals surface area contributed by atoms with Gasteiger partial charge in [-0.3, -0.25) is 4.79 Å². The Balaban J connectivity index is 2.08. The summed E-state index contributed by atoms with van der Waals surface area (Å²) >= 11 is 6.00. The molecule has 1 aromatic rings. The van der Waals surface area contributed by atoms with Gasteiger partial charge >= 0.3 is 0 Å². The minimum atomic E-state index is -0.476. The van der Waals surface area contributed by atoms with Gasteiger partial charge in [0.1, 0.15) is 12.4 Å². The minimum absolute atomic E-state index is 0.0294. The SMILES string of the molecule is CCCc1cc(N2CCCC(NC(=O)CO)C2)nc(Cl)n1. The predicted octanol–water partition coefficient (Wildman–Crippen LogP) is 1.16. The first-order valence-corrected chi connectivity index (χ1v) is 7.68. The van der Waals surface area contributed by atoms with Crippen LogP contribution in [0.2, 0.25) is 5.28 Å². The second-order valence-corrected chi connectivity index (χ2v) is 5.59. The van der Waals surface area contributed by atoms with Crippen LogP contribution >= 0.6 is 11.6 Å². The zero-order chi connectivity index (χ0) is 15.2. The minimum Gasteiger partial charge on any atom is -0.387 e. The van der Waals surface area contributed by atoms with Crippen molar-refractivity contribution in [1.29, 1.82) is 0 Å². The third-order valence-electron chi connectivity index (χ3n) is 3.50. The van der Waals surface area contributed by atoms with E-state index in [1.165, 1.54) is 0 Å². The van der Waals surface area contributed by atoms with Gasteiger partial charge in [-0.2, -0.15) is 0 Å². The number of hydrogen-bond acceptors (Lipinski definition) is 5. The average Bonchev–Trinajstić information content (AvgIpc) is 2.47. The van der Waals surface area contributed by atoms with Gasteiger partial charge < -0.3 is 15.3 Å². The number of rotatable bonds is 5. The van der Waals surface area contributed by atoms with Crippen LogP contribution < -0.4 is 10.2 Å². The molecular formula is C14H21ClN4O2. The highest BCUT2D eigenvalue weighted by atomic mass is 35.5. The van der Waals surface area contributed by atoms with Crippen molar-refractivity contribution >= 4 is 23.3 Å². The molecule has 116 valence electrons. The van der Waals surface area contributed by atoms with Crippen LogP contribution in [0, 0.1) is 0 Å². The number of anilines is 1. The number of piperidine rings is 1.